The average molecular weight is 342 g/mol. The molecule has 1 atom stereocenters. The van der Waals surface area contributed by atoms with E-state index in [0.717, 1.165) is 58.0 Å². The predicted octanol–water partition coefficient (Wildman–Crippen LogP) is 1.83. The minimum absolute atomic E-state index is 0.214. The summed E-state index contributed by atoms with van der Waals surface area (Å²) in [6.45, 7) is 9.54. The molecule has 1 rings (SSSR count). The standard InChI is InChI=1S/C17H34N4O3/c1-17(2,3)24-16(22)21-10-6-8-14(13-21)12-20-15(18-4)19-9-7-11-23-5/h14H,6-13H2,1-5H3,(H2,18,19,20). The normalized spacial score (nSPS) is 19.1. The number of methoxy groups -OCH3 is 1. The molecule has 7 nitrogen and oxygen atoms in total. The second-order valence-electron chi connectivity index (χ2n) is 7.16. The number of amides is 1. The van der Waals surface area contributed by atoms with Crippen molar-refractivity contribution >= 4 is 12.1 Å². The van der Waals surface area contributed by atoms with Crippen molar-refractivity contribution in [1.82, 2.24) is 15.5 Å². The van der Waals surface area contributed by atoms with Crippen molar-refractivity contribution in [2.24, 2.45) is 10.9 Å². The Hall–Kier alpha value is -1.50. The summed E-state index contributed by atoms with van der Waals surface area (Å²) in [5, 5.41) is 6.61. The highest BCUT2D eigenvalue weighted by atomic mass is 16.6. The molecule has 0 aromatic carbocycles. The van der Waals surface area contributed by atoms with Gasteiger partial charge in [0.2, 0.25) is 0 Å². The van der Waals surface area contributed by atoms with Crippen molar-refractivity contribution in [2.75, 3.05) is 46.9 Å². The van der Waals surface area contributed by atoms with E-state index >= 15 is 0 Å². The molecule has 140 valence electrons. The monoisotopic (exact) mass is 342 g/mol. The van der Waals surface area contributed by atoms with Crippen molar-refractivity contribution < 1.29 is 14.3 Å². The molecule has 0 aromatic heterocycles. The zero-order valence-corrected chi connectivity index (χ0v) is 15.9. The SMILES string of the molecule is CN=C(NCCCOC)NCC1CCCN(C(=O)OC(C)(C)C)C1. The van der Waals surface area contributed by atoms with E-state index in [-0.39, 0.29) is 6.09 Å². The Bertz CT molecular complexity index is 407. The highest BCUT2D eigenvalue weighted by Crippen LogP contribution is 2.18. The van der Waals surface area contributed by atoms with Crippen LogP contribution in [0, 0.1) is 5.92 Å². The number of nitrogens with one attached hydrogen (secondary N) is 2. The molecule has 7 heteroatoms. The van der Waals surface area contributed by atoms with E-state index in [1.54, 1.807) is 14.2 Å². The second-order valence-corrected chi connectivity index (χ2v) is 7.16. The first-order valence-corrected chi connectivity index (χ1v) is 8.77. The van der Waals surface area contributed by atoms with Crippen LogP contribution in [0.25, 0.3) is 0 Å². The van der Waals surface area contributed by atoms with Gasteiger partial charge in [0.25, 0.3) is 0 Å². The lowest BCUT2D eigenvalue weighted by Gasteiger charge is -2.34. The summed E-state index contributed by atoms with van der Waals surface area (Å²) in [6, 6.07) is 0. The Labute approximate surface area is 146 Å². The van der Waals surface area contributed by atoms with Crippen LogP contribution in [0.4, 0.5) is 4.79 Å². The lowest BCUT2D eigenvalue weighted by atomic mass is 9.98. The maximum atomic E-state index is 12.2. The number of nitrogens with zero attached hydrogens (tertiary/aromatic N) is 2. The second kappa shape index (κ2) is 10.4. The van der Waals surface area contributed by atoms with Crippen LogP contribution in [0.3, 0.4) is 0 Å². The van der Waals surface area contributed by atoms with Gasteiger partial charge in [0.05, 0.1) is 0 Å². The molecular formula is C17H34N4O3. The van der Waals surface area contributed by atoms with Crippen LogP contribution in [0.15, 0.2) is 4.99 Å². The van der Waals surface area contributed by atoms with Gasteiger partial charge in [-0.2, -0.15) is 0 Å². The highest BCUT2D eigenvalue weighted by Gasteiger charge is 2.27. The smallest absolute Gasteiger partial charge is 0.410 e. The Morgan fingerprint density at radius 3 is 2.71 bits per heavy atom. The van der Waals surface area contributed by atoms with Crippen LogP contribution >= 0.6 is 0 Å². The molecule has 24 heavy (non-hydrogen) atoms. The number of carbonyl (C=O) groups is 1. The van der Waals surface area contributed by atoms with Gasteiger partial charge >= 0.3 is 6.09 Å². The number of piperidine rings is 1. The number of rotatable bonds is 6. The molecule has 2 N–H and O–H groups in total. The Morgan fingerprint density at radius 2 is 2.08 bits per heavy atom. The summed E-state index contributed by atoms with van der Waals surface area (Å²) >= 11 is 0. The van der Waals surface area contributed by atoms with E-state index in [4.69, 9.17) is 9.47 Å². The van der Waals surface area contributed by atoms with Gasteiger partial charge in [-0.3, -0.25) is 4.99 Å². The lowest BCUT2D eigenvalue weighted by molar-refractivity contribution is 0.0168. The van der Waals surface area contributed by atoms with Crippen LogP contribution < -0.4 is 10.6 Å². The molecule has 0 aromatic rings. The van der Waals surface area contributed by atoms with Crippen molar-refractivity contribution in [2.45, 2.75) is 45.6 Å². The van der Waals surface area contributed by atoms with E-state index in [0.29, 0.717) is 5.92 Å². The molecule has 0 aliphatic carbocycles. The number of carbonyl (C=O) groups excluding carboxylic acids is 1. The van der Waals surface area contributed by atoms with Crippen LogP contribution in [-0.2, 0) is 9.47 Å². The first kappa shape index (κ1) is 20.5. The summed E-state index contributed by atoms with van der Waals surface area (Å²) in [7, 11) is 3.46. The molecule has 1 aliphatic rings. The first-order chi connectivity index (χ1) is 11.4. The molecule has 1 unspecified atom stereocenters. The number of hydrogen-bond acceptors (Lipinski definition) is 4. The average Bonchev–Trinajstić information content (AvgIpc) is 2.53. The van der Waals surface area contributed by atoms with Gasteiger partial charge in [-0.1, -0.05) is 0 Å². The quantitative estimate of drug-likeness (QED) is 0.438. The maximum absolute atomic E-state index is 12.2. The van der Waals surface area contributed by atoms with E-state index in [9.17, 15) is 4.79 Å². The molecule has 1 amide bonds. The third kappa shape index (κ3) is 8.38. The van der Waals surface area contributed by atoms with Crippen LogP contribution in [0.2, 0.25) is 0 Å². The van der Waals surface area contributed by atoms with E-state index in [1.165, 1.54) is 0 Å². The summed E-state index contributed by atoms with van der Waals surface area (Å²) in [4.78, 5) is 18.2. The zero-order chi connectivity index (χ0) is 18.0. The number of hydrogen-bond donors (Lipinski definition) is 2. The van der Waals surface area contributed by atoms with Crippen molar-refractivity contribution in [3.63, 3.8) is 0 Å². The van der Waals surface area contributed by atoms with Gasteiger partial charge in [0, 0.05) is 46.9 Å². The number of ether oxygens (including phenoxy) is 2. The Kier molecular flexibility index (Phi) is 8.89. The van der Waals surface area contributed by atoms with E-state index in [1.807, 2.05) is 25.7 Å². The van der Waals surface area contributed by atoms with E-state index in [2.05, 4.69) is 15.6 Å². The molecule has 1 fully saturated rings. The van der Waals surface area contributed by atoms with Gasteiger partial charge in [-0.25, -0.2) is 4.79 Å². The minimum atomic E-state index is -0.448. The lowest BCUT2D eigenvalue weighted by Crippen LogP contribution is -2.47. The summed E-state index contributed by atoms with van der Waals surface area (Å²) in [5.74, 6) is 1.20. The largest absolute Gasteiger partial charge is 0.444 e. The number of aliphatic imine (C=N–C) groups is 1. The molecule has 1 saturated heterocycles. The zero-order valence-electron chi connectivity index (χ0n) is 15.9. The highest BCUT2D eigenvalue weighted by molar-refractivity contribution is 5.79. The topological polar surface area (TPSA) is 75.2 Å². The van der Waals surface area contributed by atoms with Crippen LogP contribution in [0.5, 0.6) is 0 Å². The molecule has 1 heterocycles. The fourth-order valence-corrected chi connectivity index (χ4v) is 2.61. The molecule has 0 bridgehead atoms. The van der Waals surface area contributed by atoms with Gasteiger partial charge in [0.1, 0.15) is 5.60 Å². The van der Waals surface area contributed by atoms with Crippen molar-refractivity contribution in [3.8, 4) is 0 Å². The fourth-order valence-electron chi connectivity index (χ4n) is 2.61. The maximum Gasteiger partial charge on any atom is 0.410 e. The van der Waals surface area contributed by atoms with Gasteiger partial charge in [-0.05, 0) is 46.0 Å². The van der Waals surface area contributed by atoms with Gasteiger partial charge in [0.15, 0.2) is 5.96 Å². The third-order valence-electron chi connectivity index (χ3n) is 3.77. The summed E-state index contributed by atoms with van der Waals surface area (Å²) < 4.78 is 10.5. The summed E-state index contributed by atoms with van der Waals surface area (Å²) in [6.07, 6.45) is 2.83. The minimum Gasteiger partial charge on any atom is -0.444 e. The van der Waals surface area contributed by atoms with Crippen molar-refractivity contribution in [3.05, 3.63) is 0 Å². The molecule has 0 saturated carbocycles. The van der Waals surface area contributed by atoms with Gasteiger partial charge < -0.3 is 25.0 Å². The van der Waals surface area contributed by atoms with Crippen LogP contribution in [0.1, 0.15) is 40.0 Å². The number of guanidine groups is 1. The molecule has 0 radical (unpaired) electrons. The van der Waals surface area contributed by atoms with Crippen molar-refractivity contribution in [1.29, 1.82) is 0 Å². The van der Waals surface area contributed by atoms with E-state index < -0.39 is 5.60 Å². The first-order valence-electron chi connectivity index (χ1n) is 8.77. The molecular weight excluding hydrogens is 308 g/mol. The third-order valence-corrected chi connectivity index (χ3v) is 3.77. The summed E-state index contributed by atoms with van der Waals surface area (Å²) in [5.41, 5.74) is -0.448. The fraction of sp³-hybridized carbons (Fsp3) is 0.882. The Morgan fingerprint density at radius 1 is 1.33 bits per heavy atom. The van der Waals surface area contributed by atoms with Gasteiger partial charge in [-0.15, -0.1) is 0 Å². The van der Waals surface area contributed by atoms with Crippen LogP contribution in [-0.4, -0.2) is 69.5 Å². The molecule has 0 spiro atoms. The molecule has 1 aliphatic heterocycles. The number of likely N-dealkylation sites (tertiary alicyclic amines) is 1. The Balaban J connectivity index is 2.35. The predicted molar refractivity (Wildman–Crippen MR) is 96.4 cm³/mol.